The zero-order chi connectivity index (χ0) is 12.7. The van der Waals surface area contributed by atoms with E-state index in [1.165, 1.54) is 23.2 Å². The first kappa shape index (κ1) is 10.5. The zero-order valence-electron chi connectivity index (χ0n) is 9.49. The van der Waals surface area contributed by atoms with Crippen molar-refractivity contribution in [2.45, 2.75) is 0 Å². The van der Waals surface area contributed by atoms with E-state index in [1.54, 1.807) is 19.2 Å². The zero-order valence-corrected chi connectivity index (χ0v) is 9.49. The molecule has 1 N–H and O–H groups in total. The van der Waals surface area contributed by atoms with Gasteiger partial charge in [0.2, 0.25) is 0 Å². The lowest BCUT2D eigenvalue weighted by molar-refractivity contribution is 0.0699. The first-order chi connectivity index (χ1) is 8.66. The number of hydrogen-bond donors (Lipinski definition) is 1. The summed E-state index contributed by atoms with van der Waals surface area (Å²) < 4.78 is 6.77. The second-order valence-corrected chi connectivity index (χ2v) is 3.84. The van der Waals surface area contributed by atoms with Crippen LogP contribution in [0.25, 0.3) is 22.5 Å². The summed E-state index contributed by atoms with van der Waals surface area (Å²) in [5.41, 5.74) is 1.16. The van der Waals surface area contributed by atoms with Crippen LogP contribution in [0.2, 0.25) is 0 Å². The smallest absolute Gasteiger partial charge is 0.336 e. The Labute approximate surface area is 101 Å². The summed E-state index contributed by atoms with van der Waals surface area (Å²) in [7, 11) is 1.72. The van der Waals surface area contributed by atoms with Gasteiger partial charge in [0.1, 0.15) is 5.69 Å². The molecule has 0 saturated carbocycles. The number of fused-ring (bicyclic) bond motifs is 1. The van der Waals surface area contributed by atoms with Crippen molar-refractivity contribution in [3.05, 3.63) is 36.2 Å². The van der Waals surface area contributed by atoms with Crippen LogP contribution >= 0.6 is 0 Å². The largest absolute Gasteiger partial charge is 0.478 e. The second-order valence-electron chi connectivity index (χ2n) is 3.84. The maximum Gasteiger partial charge on any atom is 0.336 e. The number of pyridine rings is 1. The number of rotatable bonds is 2. The fraction of sp³-hybridized carbons (Fsp3) is 0.0833. The van der Waals surface area contributed by atoms with Crippen molar-refractivity contribution >= 4 is 17.0 Å². The number of aromatic nitrogens is 3. The van der Waals surface area contributed by atoms with Gasteiger partial charge >= 0.3 is 5.97 Å². The van der Waals surface area contributed by atoms with E-state index in [1.807, 2.05) is 0 Å². The maximum atomic E-state index is 11.3. The molecule has 90 valence electrons. The Hall–Kier alpha value is -2.63. The number of carbonyl (C=O) groups is 1. The summed E-state index contributed by atoms with van der Waals surface area (Å²) in [5.74, 6) is -0.483. The predicted octanol–water partition coefficient (Wildman–Crippen LogP) is 1.93. The number of aryl methyl sites for hydroxylation is 1. The van der Waals surface area contributed by atoms with Crippen molar-refractivity contribution in [3.8, 4) is 11.5 Å². The molecule has 18 heavy (non-hydrogen) atoms. The van der Waals surface area contributed by atoms with Gasteiger partial charge in [-0.25, -0.2) is 9.78 Å². The van der Waals surface area contributed by atoms with Crippen LogP contribution in [0.3, 0.4) is 0 Å². The summed E-state index contributed by atoms with van der Waals surface area (Å²) in [6, 6.07) is 4.95. The summed E-state index contributed by atoms with van der Waals surface area (Å²) in [5, 5.41) is 13.8. The Balaban J connectivity index is 2.35. The number of carboxylic acid groups (broad SMARTS) is 1. The van der Waals surface area contributed by atoms with Gasteiger partial charge in [-0.05, 0) is 18.2 Å². The highest BCUT2D eigenvalue weighted by Gasteiger charge is 2.16. The molecule has 0 unspecified atom stereocenters. The van der Waals surface area contributed by atoms with Crippen molar-refractivity contribution < 1.29 is 14.3 Å². The van der Waals surface area contributed by atoms with Gasteiger partial charge < -0.3 is 9.52 Å². The third-order valence-electron chi connectivity index (χ3n) is 2.71. The highest BCUT2D eigenvalue weighted by Crippen LogP contribution is 2.24. The molecule has 0 aliphatic heterocycles. The SMILES string of the molecule is Cn1ncc2c(C(=O)O)cc(-c3ccco3)nc21. The molecule has 6 heteroatoms. The molecule has 3 heterocycles. The van der Waals surface area contributed by atoms with Gasteiger partial charge in [0.25, 0.3) is 0 Å². The van der Waals surface area contributed by atoms with Crippen molar-refractivity contribution in [1.29, 1.82) is 0 Å². The lowest BCUT2D eigenvalue weighted by Gasteiger charge is -2.02. The van der Waals surface area contributed by atoms with E-state index < -0.39 is 5.97 Å². The molecule has 3 aromatic heterocycles. The van der Waals surface area contributed by atoms with E-state index in [4.69, 9.17) is 4.42 Å². The Bertz CT molecular complexity index is 728. The van der Waals surface area contributed by atoms with Crippen molar-refractivity contribution in [2.75, 3.05) is 0 Å². The molecule has 3 aromatic rings. The van der Waals surface area contributed by atoms with E-state index in [0.717, 1.165) is 0 Å². The molecule has 0 saturated heterocycles. The monoisotopic (exact) mass is 243 g/mol. The molecule has 0 aromatic carbocycles. The van der Waals surface area contributed by atoms with E-state index in [2.05, 4.69) is 10.1 Å². The number of carboxylic acids is 1. The van der Waals surface area contributed by atoms with Gasteiger partial charge in [0.05, 0.1) is 23.4 Å². The third-order valence-corrected chi connectivity index (χ3v) is 2.71. The third kappa shape index (κ3) is 1.46. The van der Waals surface area contributed by atoms with Crippen LogP contribution in [0.4, 0.5) is 0 Å². The minimum absolute atomic E-state index is 0.166. The van der Waals surface area contributed by atoms with E-state index in [9.17, 15) is 9.90 Å². The molecule has 0 amide bonds. The molecular formula is C12H9N3O3. The number of aromatic carboxylic acids is 1. The van der Waals surface area contributed by atoms with E-state index >= 15 is 0 Å². The topological polar surface area (TPSA) is 81.2 Å². The first-order valence-corrected chi connectivity index (χ1v) is 5.27. The van der Waals surface area contributed by atoms with Gasteiger partial charge in [0.15, 0.2) is 11.4 Å². The van der Waals surface area contributed by atoms with Crippen LogP contribution in [-0.4, -0.2) is 25.8 Å². The lowest BCUT2D eigenvalue weighted by Crippen LogP contribution is -2.00. The molecule has 0 fully saturated rings. The minimum atomic E-state index is -1.01. The molecule has 6 nitrogen and oxygen atoms in total. The van der Waals surface area contributed by atoms with E-state index in [0.29, 0.717) is 22.5 Å². The molecular weight excluding hydrogens is 234 g/mol. The summed E-state index contributed by atoms with van der Waals surface area (Å²) in [6.07, 6.45) is 3.02. The fourth-order valence-electron chi connectivity index (χ4n) is 1.84. The Morgan fingerprint density at radius 1 is 1.50 bits per heavy atom. The normalized spacial score (nSPS) is 10.9. The van der Waals surface area contributed by atoms with Gasteiger partial charge in [-0.15, -0.1) is 0 Å². The predicted molar refractivity (Wildman–Crippen MR) is 63.2 cm³/mol. The van der Waals surface area contributed by atoms with Gasteiger partial charge in [-0.1, -0.05) is 0 Å². The van der Waals surface area contributed by atoms with Gasteiger partial charge in [0, 0.05) is 7.05 Å². The quantitative estimate of drug-likeness (QED) is 0.743. The van der Waals surface area contributed by atoms with Crippen LogP contribution in [0.1, 0.15) is 10.4 Å². The highest BCUT2D eigenvalue weighted by atomic mass is 16.4. The first-order valence-electron chi connectivity index (χ1n) is 5.27. The maximum absolute atomic E-state index is 11.3. The Kier molecular flexibility index (Phi) is 2.16. The standard InChI is InChI=1S/C12H9N3O3/c1-15-11-8(6-13-15)7(12(16)17)5-9(14-11)10-3-2-4-18-10/h2-6H,1H3,(H,16,17). The number of furan rings is 1. The molecule has 0 aliphatic rings. The van der Waals surface area contributed by atoms with Crippen LogP contribution in [0.5, 0.6) is 0 Å². The van der Waals surface area contributed by atoms with Gasteiger partial charge in [-0.3, -0.25) is 4.68 Å². The van der Waals surface area contributed by atoms with Crippen LogP contribution in [0.15, 0.2) is 35.1 Å². The summed E-state index contributed by atoms with van der Waals surface area (Å²) >= 11 is 0. The highest BCUT2D eigenvalue weighted by molar-refractivity contribution is 6.02. The van der Waals surface area contributed by atoms with Gasteiger partial charge in [-0.2, -0.15) is 5.10 Å². The van der Waals surface area contributed by atoms with Crippen molar-refractivity contribution in [2.24, 2.45) is 7.05 Å². The molecule has 0 aliphatic carbocycles. The minimum Gasteiger partial charge on any atom is -0.478 e. The lowest BCUT2D eigenvalue weighted by atomic mass is 10.1. The average Bonchev–Trinajstić information content (AvgIpc) is 2.98. The van der Waals surface area contributed by atoms with Crippen molar-refractivity contribution in [1.82, 2.24) is 14.8 Å². The molecule has 0 spiro atoms. The molecule has 0 radical (unpaired) electrons. The fourth-order valence-corrected chi connectivity index (χ4v) is 1.84. The second kappa shape index (κ2) is 3.69. The average molecular weight is 243 g/mol. The van der Waals surface area contributed by atoms with E-state index in [-0.39, 0.29) is 5.56 Å². The Morgan fingerprint density at radius 3 is 3.00 bits per heavy atom. The van der Waals surface area contributed by atoms with Crippen LogP contribution in [0, 0.1) is 0 Å². The molecule has 3 rings (SSSR count). The molecule has 0 bridgehead atoms. The van der Waals surface area contributed by atoms with Crippen molar-refractivity contribution in [3.63, 3.8) is 0 Å². The number of nitrogens with zero attached hydrogens (tertiary/aromatic N) is 3. The Morgan fingerprint density at radius 2 is 2.33 bits per heavy atom. The summed E-state index contributed by atoms with van der Waals surface area (Å²) in [6.45, 7) is 0. The number of hydrogen-bond acceptors (Lipinski definition) is 4. The molecule has 0 atom stereocenters. The van der Waals surface area contributed by atoms with Crippen LogP contribution < -0.4 is 0 Å². The summed E-state index contributed by atoms with van der Waals surface area (Å²) in [4.78, 5) is 15.6. The van der Waals surface area contributed by atoms with Crippen LogP contribution in [-0.2, 0) is 7.05 Å².